The predicted molar refractivity (Wildman–Crippen MR) is 42.1 cm³/mol. The van der Waals surface area contributed by atoms with E-state index in [0.717, 1.165) is 0 Å². The summed E-state index contributed by atoms with van der Waals surface area (Å²) in [6, 6.07) is 0. The van der Waals surface area contributed by atoms with Crippen LogP contribution in [-0.4, -0.2) is 17.6 Å². The largest absolute Gasteiger partial charge is 0.430 e. The number of hydrogen-bond acceptors (Lipinski definition) is 4. The highest BCUT2D eigenvalue weighted by Gasteiger charge is 2.05. The molecule has 4 heteroatoms. The molecule has 0 unspecified atom stereocenters. The quantitative estimate of drug-likeness (QED) is 0.478. The molecule has 0 aliphatic rings. The summed E-state index contributed by atoms with van der Waals surface area (Å²) in [7, 11) is 0. The van der Waals surface area contributed by atoms with E-state index in [2.05, 4.69) is 4.74 Å². The van der Waals surface area contributed by atoms with Crippen molar-refractivity contribution in [3.05, 3.63) is 0 Å². The van der Waals surface area contributed by atoms with Crippen molar-refractivity contribution in [1.29, 1.82) is 10.8 Å². The Morgan fingerprint density at radius 2 is 2.00 bits per heavy atom. The number of ketones is 1. The second-order valence-electron chi connectivity index (χ2n) is 2.15. The van der Waals surface area contributed by atoms with E-state index in [1.54, 1.807) is 6.92 Å². The second-order valence-corrected chi connectivity index (χ2v) is 2.15. The van der Waals surface area contributed by atoms with Crippen molar-refractivity contribution in [2.75, 3.05) is 0 Å². The SMILES string of the molecule is CCC(=O)CC(=N)OC(C)=N. The molecule has 0 radical (unpaired) electrons. The molecule has 0 aliphatic carbocycles. The Labute approximate surface area is 65.6 Å². The fraction of sp³-hybridized carbons (Fsp3) is 0.571. The van der Waals surface area contributed by atoms with Crippen molar-refractivity contribution < 1.29 is 9.53 Å². The third-order valence-electron chi connectivity index (χ3n) is 1.03. The molecule has 0 bridgehead atoms. The highest BCUT2D eigenvalue weighted by atomic mass is 16.5. The molecular formula is C7H12N2O2. The summed E-state index contributed by atoms with van der Waals surface area (Å²) in [6.45, 7) is 3.15. The van der Waals surface area contributed by atoms with Crippen LogP contribution in [0.2, 0.25) is 0 Å². The summed E-state index contributed by atoms with van der Waals surface area (Å²) in [4.78, 5) is 10.7. The minimum atomic E-state index is -0.149. The molecule has 0 saturated carbocycles. The Morgan fingerprint density at radius 3 is 2.36 bits per heavy atom. The Hall–Kier alpha value is -1.19. The van der Waals surface area contributed by atoms with Gasteiger partial charge < -0.3 is 4.74 Å². The molecule has 0 saturated heterocycles. The van der Waals surface area contributed by atoms with Crippen LogP contribution in [0.25, 0.3) is 0 Å². The maximum atomic E-state index is 10.7. The van der Waals surface area contributed by atoms with Crippen molar-refractivity contribution in [3.8, 4) is 0 Å². The van der Waals surface area contributed by atoms with Gasteiger partial charge in [0.15, 0.2) is 11.8 Å². The smallest absolute Gasteiger partial charge is 0.196 e. The summed E-state index contributed by atoms with van der Waals surface area (Å²) < 4.78 is 4.57. The fourth-order valence-corrected chi connectivity index (χ4v) is 0.525. The Bertz CT molecular complexity index is 187. The molecule has 4 nitrogen and oxygen atoms in total. The number of carbonyl (C=O) groups excluding carboxylic acids is 1. The van der Waals surface area contributed by atoms with Gasteiger partial charge in [-0.15, -0.1) is 0 Å². The fourth-order valence-electron chi connectivity index (χ4n) is 0.525. The minimum Gasteiger partial charge on any atom is -0.430 e. The van der Waals surface area contributed by atoms with Gasteiger partial charge >= 0.3 is 0 Å². The average Bonchev–Trinajstić information content (AvgIpc) is 1.85. The van der Waals surface area contributed by atoms with Crippen molar-refractivity contribution >= 4 is 17.6 Å². The first kappa shape index (κ1) is 9.81. The molecule has 0 aromatic heterocycles. The number of ether oxygens (including phenoxy) is 1. The summed E-state index contributed by atoms with van der Waals surface area (Å²) in [5.74, 6) is -0.250. The van der Waals surface area contributed by atoms with Gasteiger partial charge in [-0.3, -0.25) is 15.6 Å². The normalized spacial score (nSPS) is 8.91. The number of Topliss-reactive ketones (excluding diaryl/α,β-unsaturated/α-hetero) is 1. The zero-order valence-corrected chi connectivity index (χ0v) is 6.73. The highest BCUT2D eigenvalue weighted by molar-refractivity contribution is 6.00. The lowest BCUT2D eigenvalue weighted by Crippen LogP contribution is -2.12. The molecule has 62 valence electrons. The van der Waals surface area contributed by atoms with Gasteiger partial charge in [-0.25, -0.2) is 0 Å². The van der Waals surface area contributed by atoms with E-state index in [1.807, 2.05) is 0 Å². The zero-order valence-electron chi connectivity index (χ0n) is 6.73. The molecule has 0 aromatic rings. The van der Waals surface area contributed by atoms with Crippen molar-refractivity contribution in [3.63, 3.8) is 0 Å². The molecule has 0 amide bonds. The number of carbonyl (C=O) groups is 1. The van der Waals surface area contributed by atoms with E-state index in [0.29, 0.717) is 6.42 Å². The van der Waals surface area contributed by atoms with Gasteiger partial charge in [-0.1, -0.05) is 6.92 Å². The van der Waals surface area contributed by atoms with Gasteiger partial charge in [0, 0.05) is 13.3 Å². The van der Waals surface area contributed by atoms with Crippen molar-refractivity contribution in [2.24, 2.45) is 0 Å². The molecule has 0 rings (SSSR count). The standard InChI is InChI=1S/C7H12N2O2/c1-3-6(10)4-7(9)11-5(2)8/h8-9H,3-4H2,1-2H3. The van der Waals surface area contributed by atoms with Crippen LogP contribution >= 0.6 is 0 Å². The Balaban J connectivity index is 3.70. The summed E-state index contributed by atoms with van der Waals surface area (Å²) in [5, 5.41) is 13.9. The van der Waals surface area contributed by atoms with E-state index in [1.165, 1.54) is 6.92 Å². The lowest BCUT2D eigenvalue weighted by Gasteiger charge is -2.01. The van der Waals surface area contributed by atoms with E-state index < -0.39 is 0 Å². The van der Waals surface area contributed by atoms with E-state index in [-0.39, 0.29) is 24.0 Å². The first-order chi connectivity index (χ1) is 5.06. The third-order valence-corrected chi connectivity index (χ3v) is 1.03. The van der Waals surface area contributed by atoms with Crippen LogP contribution in [0.5, 0.6) is 0 Å². The van der Waals surface area contributed by atoms with Gasteiger partial charge in [0.1, 0.15) is 5.78 Å². The number of nitrogens with one attached hydrogen (secondary N) is 2. The molecule has 2 N–H and O–H groups in total. The monoisotopic (exact) mass is 156 g/mol. The maximum absolute atomic E-state index is 10.7. The van der Waals surface area contributed by atoms with Crippen LogP contribution in [0.3, 0.4) is 0 Å². The molecule has 0 aliphatic heterocycles. The maximum Gasteiger partial charge on any atom is 0.196 e. The van der Waals surface area contributed by atoms with Crippen LogP contribution in [0.4, 0.5) is 0 Å². The van der Waals surface area contributed by atoms with Gasteiger partial charge in [-0.05, 0) is 0 Å². The molecule has 0 atom stereocenters. The molecule has 0 heterocycles. The van der Waals surface area contributed by atoms with E-state index in [9.17, 15) is 4.79 Å². The van der Waals surface area contributed by atoms with Gasteiger partial charge in [0.25, 0.3) is 0 Å². The van der Waals surface area contributed by atoms with Gasteiger partial charge in [0.05, 0.1) is 6.42 Å². The summed E-state index contributed by atoms with van der Waals surface area (Å²) >= 11 is 0. The van der Waals surface area contributed by atoms with Crippen LogP contribution in [0.15, 0.2) is 0 Å². The predicted octanol–water partition coefficient (Wildman–Crippen LogP) is 1.35. The molecule has 0 spiro atoms. The molecular weight excluding hydrogens is 144 g/mol. The minimum absolute atomic E-state index is 0.00722. The van der Waals surface area contributed by atoms with Crippen LogP contribution in [-0.2, 0) is 9.53 Å². The first-order valence-corrected chi connectivity index (χ1v) is 3.38. The molecule has 0 aromatic carbocycles. The second kappa shape index (κ2) is 4.60. The number of rotatable bonds is 3. The molecule has 0 fully saturated rings. The van der Waals surface area contributed by atoms with E-state index >= 15 is 0 Å². The topological polar surface area (TPSA) is 74.0 Å². The van der Waals surface area contributed by atoms with Crippen molar-refractivity contribution in [1.82, 2.24) is 0 Å². The van der Waals surface area contributed by atoms with Crippen LogP contribution in [0, 0.1) is 10.8 Å². The first-order valence-electron chi connectivity index (χ1n) is 3.38. The highest BCUT2D eigenvalue weighted by Crippen LogP contribution is 1.92. The van der Waals surface area contributed by atoms with Crippen LogP contribution in [0.1, 0.15) is 26.7 Å². The lowest BCUT2D eigenvalue weighted by atomic mass is 10.2. The Morgan fingerprint density at radius 1 is 1.45 bits per heavy atom. The molecule has 11 heavy (non-hydrogen) atoms. The summed E-state index contributed by atoms with van der Waals surface area (Å²) in [5.41, 5.74) is 0. The number of hydrogen-bond donors (Lipinski definition) is 2. The lowest BCUT2D eigenvalue weighted by molar-refractivity contribution is -0.117. The summed E-state index contributed by atoms with van der Waals surface area (Å²) in [6.07, 6.45) is 0.398. The zero-order chi connectivity index (χ0) is 8.85. The van der Waals surface area contributed by atoms with Crippen LogP contribution < -0.4 is 0 Å². The third kappa shape index (κ3) is 5.26. The van der Waals surface area contributed by atoms with Crippen molar-refractivity contribution in [2.45, 2.75) is 26.7 Å². The average molecular weight is 156 g/mol. The van der Waals surface area contributed by atoms with Gasteiger partial charge in [0.2, 0.25) is 0 Å². The van der Waals surface area contributed by atoms with Gasteiger partial charge in [-0.2, -0.15) is 0 Å². The Kier molecular flexibility index (Phi) is 4.10. The van der Waals surface area contributed by atoms with E-state index in [4.69, 9.17) is 10.8 Å².